The molecule has 1 aromatic carbocycles. The molecular formula is C17H19F3N4O4. The minimum atomic E-state index is -4.76. The highest BCUT2D eigenvalue weighted by Crippen LogP contribution is 2.25. The standard InChI is InChI=1S/C17H19F3N4O4/c1-10(11-2-4-13(5-3-11)28-17(18,19)20)21-14-22-15(25)24(16(26)23-14)12-6-8-27-9-7-12/h2-5,10,12H,6-9H2,1H3,(H2,21,22,23,25,26)/t10-/m0/s1. The number of nitrogens with one attached hydrogen (secondary N) is 2. The average molecular weight is 400 g/mol. The molecule has 28 heavy (non-hydrogen) atoms. The zero-order chi connectivity index (χ0) is 20.3. The van der Waals surface area contributed by atoms with Gasteiger partial charge in [-0.25, -0.2) is 14.2 Å². The van der Waals surface area contributed by atoms with Crippen LogP contribution in [0.3, 0.4) is 0 Å². The predicted molar refractivity (Wildman–Crippen MR) is 93.4 cm³/mol. The fraction of sp³-hybridized carbons (Fsp3) is 0.471. The fourth-order valence-electron chi connectivity index (χ4n) is 3.01. The number of alkyl halides is 3. The molecule has 1 aliphatic rings. The number of halogens is 3. The molecule has 1 aromatic heterocycles. The summed E-state index contributed by atoms with van der Waals surface area (Å²) >= 11 is 0. The van der Waals surface area contributed by atoms with Crippen LogP contribution < -0.4 is 21.4 Å². The van der Waals surface area contributed by atoms with Gasteiger partial charge < -0.3 is 14.8 Å². The number of H-pyrrole nitrogens is 1. The maximum absolute atomic E-state index is 12.3. The lowest BCUT2D eigenvalue weighted by Crippen LogP contribution is -2.42. The minimum Gasteiger partial charge on any atom is -0.406 e. The third-order valence-corrected chi connectivity index (χ3v) is 4.38. The van der Waals surface area contributed by atoms with Gasteiger partial charge in [0.15, 0.2) is 0 Å². The summed E-state index contributed by atoms with van der Waals surface area (Å²) in [5.41, 5.74) is -0.624. The van der Waals surface area contributed by atoms with Gasteiger partial charge in [0, 0.05) is 19.3 Å². The van der Waals surface area contributed by atoms with Gasteiger partial charge in [-0.15, -0.1) is 13.2 Å². The summed E-state index contributed by atoms with van der Waals surface area (Å²) in [5.74, 6) is -0.351. The van der Waals surface area contributed by atoms with Crippen molar-refractivity contribution < 1.29 is 22.6 Å². The highest BCUT2D eigenvalue weighted by Gasteiger charge is 2.31. The van der Waals surface area contributed by atoms with E-state index in [1.54, 1.807) is 6.92 Å². The summed E-state index contributed by atoms with van der Waals surface area (Å²) < 4.78 is 46.8. The number of hydrogen-bond acceptors (Lipinski definition) is 6. The van der Waals surface area contributed by atoms with Crippen LogP contribution in [-0.2, 0) is 4.74 Å². The van der Waals surface area contributed by atoms with E-state index in [0.29, 0.717) is 31.6 Å². The first kappa shape index (κ1) is 19.9. The van der Waals surface area contributed by atoms with Crippen molar-refractivity contribution in [3.8, 4) is 5.75 Å². The minimum absolute atomic E-state index is 0.0126. The number of aromatic nitrogens is 3. The number of anilines is 1. The van der Waals surface area contributed by atoms with Crippen molar-refractivity contribution in [2.24, 2.45) is 0 Å². The number of benzene rings is 1. The third-order valence-electron chi connectivity index (χ3n) is 4.38. The SMILES string of the molecule is C[C@H](Nc1nc(=O)n(C2CCOCC2)c(=O)[nH]1)c1ccc(OC(F)(F)F)cc1. The van der Waals surface area contributed by atoms with Crippen LogP contribution in [0.5, 0.6) is 5.75 Å². The first-order valence-electron chi connectivity index (χ1n) is 8.66. The van der Waals surface area contributed by atoms with Crippen molar-refractivity contribution >= 4 is 5.95 Å². The van der Waals surface area contributed by atoms with Crippen LogP contribution in [0.1, 0.15) is 37.4 Å². The number of rotatable bonds is 5. The van der Waals surface area contributed by atoms with Gasteiger partial charge in [0.05, 0.1) is 6.04 Å². The number of ether oxygens (including phenoxy) is 2. The molecule has 2 aromatic rings. The van der Waals surface area contributed by atoms with Gasteiger partial charge in [-0.2, -0.15) is 4.98 Å². The predicted octanol–water partition coefficient (Wildman–Crippen LogP) is 2.35. The molecule has 0 radical (unpaired) electrons. The molecule has 0 aliphatic carbocycles. The summed E-state index contributed by atoms with van der Waals surface area (Å²) in [5, 5.41) is 2.87. The average Bonchev–Trinajstić information content (AvgIpc) is 2.61. The molecule has 2 N–H and O–H groups in total. The Bertz CT molecular complexity index is 886. The van der Waals surface area contributed by atoms with Gasteiger partial charge in [-0.3, -0.25) is 4.98 Å². The first-order chi connectivity index (χ1) is 13.2. The second-order valence-corrected chi connectivity index (χ2v) is 6.37. The van der Waals surface area contributed by atoms with Crippen molar-refractivity contribution in [2.45, 2.75) is 38.2 Å². The lowest BCUT2D eigenvalue weighted by atomic mass is 10.1. The van der Waals surface area contributed by atoms with E-state index in [4.69, 9.17) is 4.74 Å². The Morgan fingerprint density at radius 1 is 1.25 bits per heavy atom. The van der Waals surface area contributed by atoms with Gasteiger partial charge in [-0.1, -0.05) is 12.1 Å². The molecule has 152 valence electrons. The zero-order valence-electron chi connectivity index (χ0n) is 15.0. The highest BCUT2D eigenvalue weighted by atomic mass is 19.4. The molecule has 1 fully saturated rings. The molecule has 1 aliphatic heterocycles. The maximum Gasteiger partial charge on any atom is 0.573 e. The molecule has 8 nitrogen and oxygen atoms in total. The third kappa shape index (κ3) is 4.91. The van der Waals surface area contributed by atoms with Crippen LogP contribution in [0.25, 0.3) is 0 Å². The molecule has 1 saturated heterocycles. The van der Waals surface area contributed by atoms with E-state index in [1.807, 2.05) is 0 Å². The monoisotopic (exact) mass is 400 g/mol. The normalized spacial score (nSPS) is 16.6. The summed E-state index contributed by atoms with van der Waals surface area (Å²) in [7, 11) is 0. The Hall–Kier alpha value is -2.82. The Morgan fingerprint density at radius 3 is 2.46 bits per heavy atom. The molecule has 0 saturated carbocycles. The molecule has 1 atom stereocenters. The summed E-state index contributed by atoms with van der Waals surface area (Å²) in [4.78, 5) is 31.0. The van der Waals surface area contributed by atoms with E-state index in [-0.39, 0.29) is 17.7 Å². The lowest BCUT2D eigenvalue weighted by Gasteiger charge is -2.23. The summed E-state index contributed by atoms with van der Waals surface area (Å²) in [6.07, 6.45) is -3.65. The Morgan fingerprint density at radius 2 is 1.89 bits per heavy atom. The molecule has 0 amide bonds. The molecule has 3 rings (SSSR count). The van der Waals surface area contributed by atoms with E-state index in [0.717, 1.165) is 4.57 Å². The van der Waals surface area contributed by atoms with Crippen molar-refractivity contribution in [3.63, 3.8) is 0 Å². The largest absolute Gasteiger partial charge is 0.573 e. The Labute approximate surface area is 157 Å². The van der Waals surface area contributed by atoms with Crippen LogP contribution in [0.4, 0.5) is 19.1 Å². The van der Waals surface area contributed by atoms with Crippen molar-refractivity contribution in [2.75, 3.05) is 18.5 Å². The smallest absolute Gasteiger partial charge is 0.406 e. The van der Waals surface area contributed by atoms with Crippen LogP contribution >= 0.6 is 0 Å². The van der Waals surface area contributed by atoms with Crippen LogP contribution in [-0.4, -0.2) is 34.1 Å². The van der Waals surface area contributed by atoms with Gasteiger partial charge in [0.2, 0.25) is 5.95 Å². The molecular weight excluding hydrogens is 381 g/mol. The van der Waals surface area contributed by atoms with Crippen LogP contribution in [0, 0.1) is 0 Å². The van der Waals surface area contributed by atoms with Gasteiger partial charge in [-0.05, 0) is 37.5 Å². The van der Waals surface area contributed by atoms with Crippen molar-refractivity contribution in [1.82, 2.24) is 14.5 Å². The van der Waals surface area contributed by atoms with Gasteiger partial charge in [0.25, 0.3) is 0 Å². The highest BCUT2D eigenvalue weighted by molar-refractivity contribution is 5.34. The second kappa shape index (κ2) is 8.05. The number of aromatic amines is 1. The van der Waals surface area contributed by atoms with Crippen LogP contribution in [0.2, 0.25) is 0 Å². The fourth-order valence-corrected chi connectivity index (χ4v) is 3.01. The Kier molecular flexibility index (Phi) is 5.73. The van der Waals surface area contributed by atoms with E-state index in [2.05, 4.69) is 20.0 Å². The number of hydrogen-bond donors (Lipinski definition) is 2. The van der Waals surface area contributed by atoms with Gasteiger partial charge >= 0.3 is 17.7 Å². The van der Waals surface area contributed by atoms with Crippen molar-refractivity contribution in [1.29, 1.82) is 0 Å². The van der Waals surface area contributed by atoms with Gasteiger partial charge in [0.1, 0.15) is 5.75 Å². The molecule has 11 heteroatoms. The van der Waals surface area contributed by atoms with E-state index < -0.39 is 23.8 Å². The van der Waals surface area contributed by atoms with Crippen molar-refractivity contribution in [3.05, 3.63) is 50.8 Å². The second-order valence-electron chi connectivity index (χ2n) is 6.37. The zero-order valence-corrected chi connectivity index (χ0v) is 15.0. The lowest BCUT2D eigenvalue weighted by molar-refractivity contribution is -0.274. The molecule has 0 bridgehead atoms. The van der Waals surface area contributed by atoms with Crippen LogP contribution in [0.15, 0.2) is 33.9 Å². The summed E-state index contributed by atoms with van der Waals surface area (Å²) in [6.45, 7) is 2.66. The molecule has 2 heterocycles. The Balaban J connectivity index is 1.72. The molecule has 0 spiro atoms. The summed E-state index contributed by atoms with van der Waals surface area (Å²) in [6, 6.07) is 4.56. The first-order valence-corrected chi connectivity index (χ1v) is 8.66. The van der Waals surface area contributed by atoms with E-state index in [1.165, 1.54) is 24.3 Å². The number of nitrogens with zero attached hydrogens (tertiary/aromatic N) is 2. The molecule has 0 unspecified atom stereocenters. The maximum atomic E-state index is 12.3. The topological polar surface area (TPSA) is 98.2 Å². The quantitative estimate of drug-likeness (QED) is 0.800. The van der Waals surface area contributed by atoms with E-state index in [9.17, 15) is 22.8 Å². The van der Waals surface area contributed by atoms with E-state index >= 15 is 0 Å².